The van der Waals surface area contributed by atoms with Crippen LogP contribution in [-0.2, 0) is 22.1 Å². The van der Waals surface area contributed by atoms with Crippen molar-refractivity contribution in [1.82, 2.24) is 20.5 Å². The largest absolute Gasteiger partial charge is 0.444 e. The average molecular weight is 530 g/mol. The molecular weight excluding hydrogens is 503 g/mol. The Morgan fingerprint density at radius 3 is 2.47 bits per heavy atom. The number of aryl methyl sites for hydroxylation is 1. The third-order valence-electron chi connectivity index (χ3n) is 5.49. The summed E-state index contributed by atoms with van der Waals surface area (Å²) in [7, 11) is 0. The molecule has 0 aliphatic heterocycles. The average Bonchev–Trinajstić information content (AvgIpc) is 3.43. The van der Waals surface area contributed by atoms with Gasteiger partial charge in [-0.3, -0.25) is 15.2 Å². The Bertz CT molecular complexity index is 1450. The number of amides is 2. The molecule has 2 aromatic heterocycles. The number of halogens is 3. The number of carbonyl (C=O) groups excluding carboxylic acids is 2. The van der Waals surface area contributed by atoms with Gasteiger partial charge in [-0.05, 0) is 63.6 Å². The Morgan fingerprint density at radius 2 is 1.82 bits per heavy atom. The standard InChI is InChI=1S/C26H26F3N5O4/c1-14-18-12-16(7-10-19(18)34-33-14)21-13-30-23(37-21)32-22(35)20(31-24(36)38-25(2,3)4)11-15-5-8-17(9-6-15)26(27,28)29/h5-10,12-13,20H,11H2,1-4H3,(H,31,36)(H,33,34)(H,30,32,35)/t20-/m0/s1. The summed E-state index contributed by atoms with van der Waals surface area (Å²) >= 11 is 0. The van der Waals surface area contributed by atoms with Gasteiger partial charge in [0.1, 0.15) is 11.6 Å². The van der Waals surface area contributed by atoms with Crippen molar-refractivity contribution >= 4 is 28.9 Å². The van der Waals surface area contributed by atoms with Gasteiger partial charge in [-0.2, -0.15) is 18.3 Å². The van der Waals surface area contributed by atoms with Crippen LogP contribution < -0.4 is 10.6 Å². The Balaban J connectivity index is 1.52. The van der Waals surface area contributed by atoms with Crippen molar-refractivity contribution in [2.75, 3.05) is 5.32 Å². The fourth-order valence-corrected chi connectivity index (χ4v) is 3.67. The van der Waals surface area contributed by atoms with Gasteiger partial charge in [-0.1, -0.05) is 12.1 Å². The van der Waals surface area contributed by atoms with Gasteiger partial charge >= 0.3 is 18.3 Å². The van der Waals surface area contributed by atoms with Crippen LogP contribution in [0.15, 0.2) is 53.1 Å². The topological polar surface area (TPSA) is 122 Å². The van der Waals surface area contributed by atoms with Crippen LogP contribution in [0, 0.1) is 6.92 Å². The number of anilines is 1. The van der Waals surface area contributed by atoms with E-state index in [-0.39, 0.29) is 12.4 Å². The fraction of sp³-hybridized carbons (Fsp3) is 0.308. The van der Waals surface area contributed by atoms with E-state index in [0.717, 1.165) is 28.7 Å². The molecule has 0 unspecified atom stereocenters. The summed E-state index contributed by atoms with van der Waals surface area (Å²) in [5.41, 5.74) is 1.13. The Labute approximate surface area is 215 Å². The third-order valence-corrected chi connectivity index (χ3v) is 5.49. The number of nitrogens with one attached hydrogen (secondary N) is 3. The number of H-pyrrole nitrogens is 1. The first-order valence-corrected chi connectivity index (χ1v) is 11.7. The summed E-state index contributed by atoms with van der Waals surface area (Å²) in [6.07, 6.45) is -4.01. The lowest BCUT2D eigenvalue weighted by atomic mass is 10.0. The van der Waals surface area contributed by atoms with Crippen molar-refractivity contribution in [1.29, 1.82) is 0 Å². The molecule has 4 rings (SSSR count). The number of ether oxygens (including phenoxy) is 1. The highest BCUT2D eigenvalue weighted by atomic mass is 19.4. The molecule has 12 heteroatoms. The molecule has 0 radical (unpaired) electrons. The highest BCUT2D eigenvalue weighted by Crippen LogP contribution is 2.30. The maximum Gasteiger partial charge on any atom is 0.416 e. The van der Waals surface area contributed by atoms with Crippen LogP contribution in [0.2, 0.25) is 0 Å². The predicted molar refractivity (Wildman–Crippen MR) is 133 cm³/mol. The molecule has 0 saturated heterocycles. The van der Waals surface area contributed by atoms with Crippen LogP contribution in [0.4, 0.5) is 24.0 Å². The van der Waals surface area contributed by atoms with E-state index in [2.05, 4.69) is 25.8 Å². The molecule has 0 spiro atoms. The number of aromatic nitrogens is 3. The molecule has 9 nitrogen and oxygen atoms in total. The van der Waals surface area contributed by atoms with Crippen molar-refractivity contribution in [3.05, 3.63) is 65.5 Å². The first kappa shape index (κ1) is 26.7. The lowest BCUT2D eigenvalue weighted by Gasteiger charge is -2.23. The number of oxazole rings is 1. The summed E-state index contributed by atoms with van der Waals surface area (Å²) in [6, 6.07) is 8.50. The molecule has 38 heavy (non-hydrogen) atoms. The van der Waals surface area contributed by atoms with Gasteiger partial charge in [0.2, 0.25) is 0 Å². The third kappa shape index (κ3) is 6.50. The second-order valence-corrected chi connectivity index (χ2v) is 9.70. The highest BCUT2D eigenvalue weighted by molar-refractivity contribution is 5.95. The van der Waals surface area contributed by atoms with Crippen molar-refractivity contribution in [2.24, 2.45) is 0 Å². The molecule has 4 aromatic rings. The summed E-state index contributed by atoms with van der Waals surface area (Å²) in [6.45, 7) is 6.87. The van der Waals surface area contributed by atoms with Gasteiger partial charge in [0.05, 0.1) is 17.3 Å². The fourth-order valence-electron chi connectivity index (χ4n) is 3.67. The van der Waals surface area contributed by atoms with E-state index in [1.807, 2.05) is 19.1 Å². The molecule has 200 valence electrons. The van der Waals surface area contributed by atoms with Crippen LogP contribution in [0.3, 0.4) is 0 Å². The molecule has 2 heterocycles. The summed E-state index contributed by atoms with van der Waals surface area (Å²) < 4.78 is 49.7. The Morgan fingerprint density at radius 1 is 1.11 bits per heavy atom. The summed E-state index contributed by atoms with van der Waals surface area (Å²) in [5.74, 6) is -0.299. The van der Waals surface area contributed by atoms with Crippen LogP contribution in [0.1, 0.15) is 37.6 Å². The van der Waals surface area contributed by atoms with Crippen LogP contribution in [-0.4, -0.2) is 38.8 Å². The molecule has 0 aliphatic rings. The van der Waals surface area contributed by atoms with E-state index in [4.69, 9.17) is 9.15 Å². The van der Waals surface area contributed by atoms with E-state index < -0.39 is 35.4 Å². The quantitative estimate of drug-likeness (QED) is 0.298. The number of benzene rings is 2. The minimum atomic E-state index is -4.49. The molecule has 0 bridgehead atoms. The van der Waals surface area contributed by atoms with Crippen LogP contribution >= 0.6 is 0 Å². The van der Waals surface area contributed by atoms with E-state index in [1.165, 1.54) is 18.3 Å². The number of nitrogens with zero attached hydrogens (tertiary/aromatic N) is 2. The first-order chi connectivity index (χ1) is 17.8. The smallest absolute Gasteiger partial charge is 0.416 e. The number of carbonyl (C=O) groups is 2. The molecule has 1 atom stereocenters. The monoisotopic (exact) mass is 529 g/mol. The normalized spacial score (nSPS) is 12.8. The molecule has 2 amide bonds. The van der Waals surface area contributed by atoms with Crippen molar-refractivity contribution in [3.63, 3.8) is 0 Å². The lowest BCUT2D eigenvalue weighted by molar-refractivity contribution is -0.137. The van der Waals surface area contributed by atoms with Crippen molar-refractivity contribution < 1.29 is 31.9 Å². The molecule has 0 saturated carbocycles. The molecule has 0 aliphatic carbocycles. The molecular formula is C26H26F3N5O4. The highest BCUT2D eigenvalue weighted by Gasteiger charge is 2.31. The Hall–Kier alpha value is -4.35. The van der Waals surface area contributed by atoms with E-state index in [0.29, 0.717) is 16.9 Å². The van der Waals surface area contributed by atoms with Gasteiger partial charge in [0, 0.05) is 23.1 Å². The zero-order chi connectivity index (χ0) is 27.7. The maximum absolute atomic E-state index is 13.1. The van der Waals surface area contributed by atoms with E-state index in [9.17, 15) is 22.8 Å². The van der Waals surface area contributed by atoms with Gasteiger partial charge in [0.15, 0.2) is 5.76 Å². The number of rotatable bonds is 6. The number of fused-ring (bicyclic) bond motifs is 1. The summed E-state index contributed by atoms with van der Waals surface area (Å²) in [4.78, 5) is 29.6. The SMILES string of the molecule is Cc1[nH]nc2ccc(-c3cnc(NC(=O)[C@H](Cc4ccc(C(F)(F)F)cc4)NC(=O)OC(C)(C)C)o3)cc12. The van der Waals surface area contributed by atoms with Crippen LogP contribution in [0.5, 0.6) is 0 Å². The minimum Gasteiger partial charge on any atom is -0.444 e. The first-order valence-electron chi connectivity index (χ1n) is 11.7. The predicted octanol–water partition coefficient (Wildman–Crippen LogP) is 5.62. The second kappa shape index (κ2) is 10.2. The second-order valence-electron chi connectivity index (χ2n) is 9.70. The van der Waals surface area contributed by atoms with E-state index >= 15 is 0 Å². The molecule has 0 fully saturated rings. The van der Waals surface area contributed by atoms with Gasteiger partial charge in [0.25, 0.3) is 5.91 Å². The number of hydrogen-bond acceptors (Lipinski definition) is 6. The van der Waals surface area contributed by atoms with Crippen molar-refractivity contribution in [3.8, 4) is 11.3 Å². The molecule has 3 N–H and O–H groups in total. The number of alkyl halides is 3. The molecule has 2 aromatic carbocycles. The van der Waals surface area contributed by atoms with Gasteiger partial charge < -0.3 is 14.5 Å². The van der Waals surface area contributed by atoms with Crippen LogP contribution in [0.25, 0.3) is 22.2 Å². The van der Waals surface area contributed by atoms with Crippen molar-refractivity contribution in [2.45, 2.75) is 51.9 Å². The number of hydrogen-bond donors (Lipinski definition) is 3. The zero-order valence-electron chi connectivity index (χ0n) is 21.1. The summed E-state index contributed by atoms with van der Waals surface area (Å²) in [5, 5.41) is 13.0. The number of aromatic amines is 1. The van der Waals surface area contributed by atoms with E-state index in [1.54, 1.807) is 26.8 Å². The Kier molecular flexibility index (Phi) is 7.16. The maximum atomic E-state index is 13.1. The number of alkyl carbamates (subject to hydrolysis) is 1. The van der Waals surface area contributed by atoms with Gasteiger partial charge in [-0.15, -0.1) is 0 Å². The lowest BCUT2D eigenvalue weighted by Crippen LogP contribution is -2.47. The van der Waals surface area contributed by atoms with Gasteiger partial charge in [-0.25, -0.2) is 9.78 Å². The zero-order valence-corrected chi connectivity index (χ0v) is 21.1. The minimum absolute atomic E-state index is 0.104.